The van der Waals surface area contributed by atoms with Gasteiger partial charge in [0.1, 0.15) is 11.5 Å². The first kappa shape index (κ1) is 15.3. The van der Waals surface area contributed by atoms with Gasteiger partial charge < -0.3 is 5.73 Å². The van der Waals surface area contributed by atoms with Crippen LogP contribution in [0.1, 0.15) is 16.1 Å². The number of anilines is 1. The quantitative estimate of drug-likeness (QED) is 0.896. The number of hydrogen-bond donors (Lipinski definition) is 2. The van der Waals surface area contributed by atoms with Crippen molar-refractivity contribution in [2.45, 2.75) is 11.8 Å². The second-order valence-corrected chi connectivity index (χ2v) is 6.30. The highest BCUT2D eigenvalue weighted by Gasteiger charge is 2.19. The Bertz CT molecular complexity index is 806. The fraction of sp³-hybridized carbons (Fsp3) is 0.0769. The van der Waals surface area contributed by atoms with E-state index in [1.807, 2.05) is 0 Å². The van der Waals surface area contributed by atoms with Gasteiger partial charge in [0.05, 0.1) is 4.90 Å². The van der Waals surface area contributed by atoms with Crippen LogP contribution in [0.4, 0.5) is 5.82 Å². The van der Waals surface area contributed by atoms with Gasteiger partial charge in [-0.15, -0.1) is 0 Å². The molecule has 8 heteroatoms. The van der Waals surface area contributed by atoms with Crippen LogP contribution >= 0.6 is 11.6 Å². The molecule has 0 atom stereocenters. The van der Waals surface area contributed by atoms with Gasteiger partial charge in [0, 0.05) is 5.02 Å². The van der Waals surface area contributed by atoms with Gasteiger partial charge in [0.15, 0.2) is 0 Å². The summed E-state index contributed by atoms with van der Waals surface area (Å²) in [7, 11) is -3.86. The number of amides is 1. The molecule has 0 aliphatic heterocycles. The molecule has 2 aromatic rings. The first-order chi connectivity index (χ1) is 9.81. The number of rotatable bonds is 4. The fourth-order valence-electron chi connectivity index (χ4n) is 1.70. The molecule has 0 bridgehead atoms. The number of primary amides is 1. The van der Waals surface area contributed by atoms with Crippen molar-refractivity contribution in [3.8, 4) is 0 Å². The topological polar surface area (TPSA) is 102 Å². The van der Waals surface area contributed by atoms with Crippen LogP contribution in [0.3, 0.4) is 0 Å². The lowest BCUT2D eigenvalue weighted by atomic mass is 10.2. The molecule has 0 radical (unpaired) electrons. The molecule has 0 aliphatic rings. The molecule has 0 saturated carbocycles. The molecule has 3 N–H and O–H groups in total. The molecule has 0 fully saturated rings. The largest absolute Gasteiger partial charge is 0.364 e. The number of nitrogens with two attached hydrogens (primary N) is 1. The van der Waals surface area contributed by atoms with E-state index >= 15 is 0 Å². The number of nitrogens with one attached hydrogen (secondary N) is 1. The summed E-state index contributed by atoms with van der Waals surface area (Å²) in [5.41, 5.74) is 5.50. The lowest BCUT2D eigenvalue weighted by molar-refractivity contribution is 0.0995. The SMILES string of the molecule is Cc1c(Cl)cccc1S(=O)(=O)Nc1cccc(C(N)=O)n1. The number of hydrogen-bond acceptors (Lipinski definition) is 4. The van der Waals surface area contributed by atoms with Crippen molar-refractivity contribution in [3.63, 3.8) is 0 Å². The van der Waals surface area contributed by atoms with Crippen LogP contribution in [-0.4, -0.2) is 19.3 Å². The highest BCUT2D eigenvalue weighted by Crippen LogP contribution is 2.24. The van der Waals surface area contributed by atoms with Crippen molar-refractivity contribution in [2.24, 2.45) is 5.73 Å². The van der Waals surface area contributed by atoms with Crippen LogP contribution in [0.5, 0.6) is 0 Å². The Morgan fingerprint density at radius 1 is 1.24 bits per heavy atom. The number of carbonyl (C=O) groups is 1. The zero-order chi connectivity index (χ0) is 15.6. The second-order valence-electron chi connectivity index (χ2n) is 4.24. The summed E-state index contributed by atoms with van der Waals surface area (Å²) in [6.45, 7) is 1.60. The van der Waals surface area contributed by atoms with Crippen LogP contribution in [0.15, 0.2) is 41.3 Å². The number of benzene rings is 1. The predicted molar refractivity (Wildman–Crippen MR) is 79.8 cm³/mol. The number of sulfonamides is 1. The maximum atomic E-state index is 12.3. The van der Waals surface area contributed by atoms with Gasteiger partial charge in [-0.05, 0) is 36.8 Å². The predicted octanol–water partition coefficient (Wildman–Crippen LogP) is 1.94. The number of nitrogens with zero attached hydrogens (tertiary/aromatic N) is 1. The van der Waals surface area contributed by atoms with Gasteiger partial charge in [0.25, 0.3) is 15.9 Å². The minimum Gasteiger partial charge on any atom is -0.364 e. The molecule has 2 rings (SSSR count). The standard InChI is InChI=1S/C13H12ClN3O3S/c1-8-9(14)4-2-6-11(8)21(19,20)17-12-7-3-5-10(16-12)13(15)18/h2-7H,1H3,(H2,15,18)(H,16,17). The van der Waals surface area contributed by atoms with Gasteiger partial charge >= 0.3 is 0 Å². The first-order valence-corrected chi connectivity index (χ1v) is 7.72. The maximum Gasteiger partial charge on any atom is 0.267 e. The highest BCUT2D eigenvalue weighted by atomic mass is 35.5. The molecule has 1 aromatic heterocycles. The van der Waals surface area contributed by atoms with Crippen molar-refractivity contribution in [2.75, 3.05) is 4.72 Å². The van der Waals surface area contributed by atoms with Crippen LogP contribution in [0.25, 0.3) is 0 Å². The molecule has 0 unspecified atom stereocenters. The average molecular weight is 326 g/mol. The lowest BCUT2D eigenvalue weighted by Crippen LogP contribution is -2.18. The number of halogens is 1. The summed E-state index contributed by atoms with van der Waals surface area (Å²) in [5.74, 6) is -0.736. The monoisotopic (exact) mass is 325 g/mol. The van der Waals surface area contributed by atoms with Gasteiger partial charge in [-0.2, -0.15) is 0 Å². The van der Waals surface area contributed by atoms with E-state index in [4.69, 9.17) is 17.3 Å². The van der Waals surface area contributed by atoms with E-state index in [9.17, 15) is 13.2 Å². The van der Waals surface area contributed by atoms with Crippen molar-refractivity contribution in [1.29, 1.82) is 0 Å². The molecule has 110 valence electrons. The van der Waals surface area contributed by atoms with Gasteiger partial charge in [-0.25, -0.2) is 13.4 Å². The Hall–Kier alpha value is -2.12. The summed E-state index contributed by atoms with van der Waals surface area (Å²) in [6.07, 6.45) is 0. The number of aromatic nitrogens is 1. The van der Waals surface area contributed by atoms with Crippen molar-refractivity contribution < 1.29 is 13.2 Å². The van der Waals surface area contributed by atoms with Crippen molar-refractivity contribution in [3.05, 3.63) is 52.7 Å². The van der Waals surface area contributed by atoms with Gasteiger partial charge in [-0.3, -0.25) is 9.52 Å². The molecule has 0 aliphatic carbocycles. The molecular formula is C13H12ClN3O3S. The minimum absolute atomic E-state index is 0.00526. The summed E-state index contributed by atoms with van der Waals surface area (Å²) < 4.78 is 27.0. The highest BCUT2D eigenvalue weighted by molar-refractivity contribution is 7.92. The van der Waals surface area contributed by atoms with Gasteiger partial charge in [0.2, 0.25) is 0 Å². The van der Waals surface area contributed by atoms with E-state index in [1.54, 1.807) is 13.0 Å². The molecule has 6 nitrogen and oxygen atoms in total. The molecule has 1 amide bonds. The summed E-state index contributed by atoms with van der Waals surface area (Å²) in [4.78, 5) is 14.9. The third-order valence-corrected chi connectivity index (χ3v) is 4.66. The van der Waals surface area contributed by atoms with Crippen LogP contribution < -0.4 is 10.5 Å². The second kappa shape index (κ2) is 5.71. The van der Waals surface area contributed by atoms with E-state index in [1.165, 1.54) is 30.3 Å². The molecule has 21 heavy (non-hydrogen) atoms. The van der Waals surface area contributed by atoms with Crippen molar-refractivity contribution in [1.82, 2.24) is 4.98 Å². The zero-order valence-corrected chi connectivity index (χ0v) is 12.6. The Labute approximate surface area is 127 Å². The van der Waals surface area contributed by atoms with Crippen molar-refractivity contribution >= 4 is 33.3 Å². The Kier molecular flexibility index (Phi) is 4.15. The third-order valence-electron chi connectivity index (χ3n) is 2.75. The summed E-state index contributed by atoms with van der Waals surface area (Å²) in [5, 5.41) is 0.344. The van der Waals surface area contributed by atoms with Crippen LogP contribution in [-0.2, 0) is 10.0 Å². The smallest absolute Gasteiger partial charge is 0.267 e. The Morgan fingerprint density at radius 2 is 1.90 bits per heavy atom. The van der Waals surface area contributed by atoms with E-state index in [-0.39, 0.29) is 16.4 Å². The molecular weight excluding hydrogens is 314 g/mol. The maximum absolute atomic E-state index is 12.3. The number of carbonyl (C=O) groups excluding carboxylic acids is 1. The summed E-state index contributed by atoms with van der Waals surface area (Å²) >= 11 is 5.92. The van der Waals surface area contributed by atoms with E-state index < -0.39 is 15.9 Å². The Morgan fingerprint density at radius 3 is 2.57 bits per heavy atom. The first-order valence-electron chi connectivity index (χ1n) is 5.86. The normalized spacial score (nSPS) is 11.1. The van der Waals surface area contributed by atoms with E-state index in [2.05, 4.69) is 9.71 Å². The van der Waals surface area contributed by atoms with Crippen LogP contribution in [0.2, 0.25) is 5.02 Å². The van der Waals surface area contributed by atoms with E-state index in [0.717, 1.165) is 0 Å². The fourth-order valence-corrected chi connectivity index (χ4v) is 3.20. The zero-order valence-electron chi connectivity index (χ0n) is 11.0. The molecule has 0 saturated heterocycles. The molecule has 0 spiro atoms. The average Bonchev–Trinajstić information content (AvgIpc) is 2.41. The molecule has 1 heterocycles. The third kappa shape index (κ3) is 3.32. The number of pyridine rings is 1. The van der Waals surface area contributed by atoms with E-state index in [0.29, 0.717) is 10.6 Å². The van der Waals surface area contributed by atoms with Crippen LogP contribution in [0, 0.1) is 6.92 Å². The lowest BCUT2D eigenvalue weighted by Gasteiger charge is -2.11. The van der Waals surface area contributed by atoms with Gasteiger partial charge in [-0.1, -0.05) is 23.7 Å². The minimum atomic E-state index is -3.86. The molecule has 1 aromatic carbocycles. The Balaban J connectivity index is 2.40. The summed E-state index contributed by atoms with van der Waals surface area (Å²) in [6, 6.07) is 8.87.